The number of nitrogens with one attached hydrogen (secondary N) is 1. The zero-order valence-corrected chi connectivity index (χ0v) is 18.9. The van der Waals surface area contributed by atoms with Gasteiger partial charge in [-0.15, -0.1) is 10.2 Å². The molecule has 1 saturated heterocycles. The maximum absolute atomic E-state index is 12.7. The zero-order chi connectivity index (χ0) is 22.1. The maximum atomic E-state index is 12.7. The summed E-state index contributed by atoms with van der Waals surface area (Å²) in [6.45, 7) is 5.23. The number of likely N-dealkylation sites (tertiary alicyclic amines) is 1. The van der Waals surface area contributed by atoms with Gasteiger partial charge in [-0.05, 0) is 67.5 Å². The van der Waals surface area contributed by atoms with Gasteiger partial charge in [-0.2, -0.15) is 0 Å². The first kappa shape index (κ1) is 21.0. The highest BCUT2D eigenvalue weighted by Crippen LogP contribution is 2.39. The smallest absolute Gasteiger partial charge is 0.225 e. The third kappa shape index (κ3) is 4.25. The van der Waals surface area contributed by atoms with Gasteiger partial charge in [-0.25, -0.2) is 8.42 Å². The highest BCUT2D eigenvalue weighted by molar-refractivity contribution is 7.91. The molecule has 0 unspecified atom stereocenters. The van der Waals surface area contributed by atoms with Gasteiger partial charge in [0, 0.05) is 31.9 Å². The van der Waals surface area contributed by atoms with Gasteiger partial charge in [0.05, 0.1) is 10.6 Å². The first-order chi connectivity index (χ1) is 15.5. The van der Waals surface area contributed by atoms with E-state index in [9.17, 15) is 8.42 Å². The van der Waals surface area contributed by atoms with E-state index in [-0.39, 0.29) is 9.92 Å². The minimum atomic E-state index is -3.64. The van der Waals surface area contributed by atoms with Gasteiger partial charge in [0.2, 0.25) is 9.84 Å². The summed E-state index contributed by atoms with van der Waals surface area (Å²) in [7, 11) is -3.64. The van der Waals surface area contributed by atoms with Crippen LogP contribution in [-0.4, -0.2) is 47.6 Å². The second kappa shape index (κ2) is 8.60. The van der Waals surface area contributed by atoms with Gasteiger partial charge in [0.25, 0.3) is 0 Å². The summed E-state index contributed by atoms with van der Waals surface area (Å²) in [5.74, 6) is 1.97. The van der Waals surface area contributed by atoms with Gasteiger partial charge in [-0.3, -0.25) is 9.88 Å². The van der Waals surface area contributed by atoms with E-state index in [0.717, 1.165) is 32.5 Å². The van der Waals surface area contributed by atoms with Crippen LogP contribution in [0.1, 0.15) is 24.1 Å². The summed E-state index contributed by atoms with van der Waals surface area (Å²) in [5.41, 5.74) is 2.42. The molecule has 0 spiro atoms. The molecule has 3 atom stereocenters. The molecule has 3 aromatic rings. The predicted molar refractivity (Wildman–Crippen MR) is 122 cm³/mol. The van der Waals surface area contributed by atoms with Crippen LogP contribution < -0.4 is 5.32 Å². The van der Waals surface area contributed by atoms with Crippen molar-refractivity contribution in [3.05, 3.63) is 72.1 Å². The monoisotopic (exact) mass is 449 g/mol. The highest BCUT2D eigenvalue weighted by Gasteiger charge is 2.41. The van der Waals surface area contributed by atoms with Gasteiger partial charge in [0.1, 0.15) is 5.82 Å². The Hall–Kier alpha value is -2.84. The third-order valence-electron chi connectivity index (χ3n) is 6.64. The summed E-state index contributed by atoms with van der Waals surface area (Å²) in [5, 5.41) is 11.6. The van der Waals surface area contributed by atoms with Crippen molar-refractivity contribution >= 4 is 15.7 Å². The van der Waals surface area contributed by atoms with E-state index in [0.29, 0.717) is 23.7 Å². The van der Waals surface area contributed by atoms with E-state index in [2.05, 4.69) is 38.4 Å². The minimum absolute atomic E-state index is 0.0296. The number of rotatable bonds is 6. The molecule has 1 aliphatic carbocycles. The average molecular weight is 450 g/mol. The zero-order valence-electron chi connectivity index (χ0n) is 18.1. The quantitative estimate of drug-likeness (QED) is 0.617. The molecule has 166 valence electrons. The first-order valence-corrected chi connectivity index (χ1v) is 12.5. The molecule has 0 radical (unpaired) electrons. The Morgan fingerprint density at radius 1 is 0.969 bits per heavy atom. The lowest BCUT2D eigenvalue weighted by Crippen LogP contribution is -2.26. The van der Waals surface area contributed by atoms with Crippen molar-refractivity contribution in [3.8, 4) is 0 Å². The molecule has 8 heteroatoms. The fourth-order valence-corrected chi connectivity index (χ4v) is 6.16. The van der Waals surface area contributed by atoms with Crippen LogP contribution in [0.25, 0.3) is 0 Å². The number of aryl methyl sites for hydroxylation is 1. The number of pyridine rings is 1. The lowest BCUT2D eigenvalue weighted by molar-refractivity contribution is 0.297. The third-order valence-corrected chi connectivity index (χ3v) is 8.30. The number of hydrogen-bond donors (Lipinski definition) is 1. The van der Waals surface area contributed by atoms with E-state index in [1.165, 1.54) is 17.3 Å². The van der Waals surface area contributed by atoms with E-state index in [1.807, 2.05) is 12.3 Å². The largest absolute Gasteiger partial charge is 0.366 e. The molecule has 1 N–H and O–H groups in total. The SMILES string of the molecule is Cc1cccnc1CN1C[C@H]2C[C@H](Nc3ccc(S(=O)(=O)c4ccccc4)nn3)C[C@H]2C1. The van der Waals surface area contributed by atoms with E-state index >= 15 is 0 Å². The average Bonchev–Trinajstić information content (AvgIpc) is 3.34. The Balaban J connectivity index is 1.17. The number of aromatic nitrogens is 3. The van der Waals surface area contributed by atoms with Crippen molar-refractivity contribution in [2.45, 2.75) is 42.3 Å². The Bertz CT molecular complexity index is 1170. The predicted octanol–water partition coefficient (Wildman–Crippen LogP) is 3.34. The van der Waals surface area contributed by atoms with Crippen LogP contribution in [0.3, 0.4) is 0 Å². The molecule has 2 fully saturated rings. The standard InChI is InChI=1S/C24H27N5O2S/c1-17-6-5-11-25-22(17)16-29-14-18-12-20(13-19(18)15-29)26-23-9-10-24(28-27-23)32(30,31)21-7-3-2-4-8-21/h2-11,18-20H,12-16H2,1H3,(H,26,27)/t18-,19+,20+. The van der Waals surface area contributed by atoms with Crippen LogP contribution in [-0.2, 0) is 16.4 Å². The Labute approximate surface area is 188 Å². The molecule has 32 heavy (non-hydrogen) atoms. The molecule has 2 aromatic heterocycles. The van der Waals surface area contributed by atoms with Crippen molar-refractivity contribution < 1.29 is 8.42 Å². The number of anilines is 1. The molecule has 3 heterocycles. The fraction of sp³-hybridized carbons (Fsp3) is 0.375. The molecule has 0 amide bonds. The number of hydrogen-bond acceptors (Lipinski definition) is 7. The number of sulfone groups is 1. The van der Waals surface area contributed by atoms with Crippen molar-refractivity contribution in [1.29, 1.82) is 0 Å². The number of nitrogens with zero attached hydrogens (tertiary/aromatic N) is 4. The normalized spacial score (nSPS) is 23.2. The Kier molecular flexibility index (Phi) is 5.65. The van der Waals surface area contributed by atoms with Gasteiger partial charge in [0.15, 0.2) is 5.03 Å². The summed E-state index contributed by atoms with van der Waals surface area (Å²) in [6.07, 6.45) is 4.05. The van der Waals surface area contributed by atoms with Crippen molar-refractivity contribution in [2.24, 2.45) is 11.8 Å². The van der Waals surface area contributed by atoms with E-state index in [4.69, 9.17) is 0 Å². The topological polar surface area (TPSA) is 88.1 Å². The van der Waals surface area contributed by atoms with Crippen LogP contribution in [0.2, 0.25) is 0 Å². The number of benzene rings is 1. The molecule has 1 aliphatic heterocycles. The Morgan fingerprint density at radius 2 is 1.72 bits per heavy atom. The summed E-state index contributed by atoms with van der Waals surface area (Å²) < 4.78 is 25.3. The highest BCUT2D eigenvalue weighted by atomic mass is 32.2. The molecule has 1 saturated carbocycles. The second-order valence-electron chi connectivity index (χ2n) is 8.87. The van der Waals surface area contributed by atoms with E-state index in [1.54, 1.807) is 36.4 Å². The van der Waals surface area contributed by atoms with Crippen LogP contribution in [0.5, 0.6) is 0 Å². The lowest BCUT2D eigenvalue weighted by atomic mass is 10.0. The number of fused-ring (bicyclic) bond motifs is 1. The van der Waals surface area contributed by atoms with Crippen LogP contribution >= 0.6 is 0 Å². The van der Waals surface area contributed by atoms with Crippen molar-refractivity contribution in [3.63, 3.8) is 0 Å². The van der Waals surface area contributed by atoms with Crippen molar-refractivity contribution in [2.75, 3.05) is 18.4 Å². The first-order valence-electron chi connectivity index (χ1n) is 11.0. The minimum Gasteiger partial charge on any atom is -0.366 e. The van der Waals surface area contributed by atoms with Crippen LogP contribution in [0.4, 0.5) is 5.82 Å². The molecular formula is C24H27N5O2S. The van der Waals surface area contributed by atoms with E-state index < -0.39 is 9.84 Å². The second-order valence-corrected chi connectivity index (χ2v) is 10.8. The molecule has 2 aliphatic rings. The summed E-state index contributed by atoms with van der Waals surface area (Å²) >= 11 is 0. The summed E-state index contributed by atoms with van der Waals surface area (Å²) in [4.78, 5) is 7.28. The van der Waals surface area contributed by atoms with Gasteiger partial charge >= 0.3 is 0 Å². The maximum Gasteiger partial charge on any atom is 0.225 e. The van der Waals surface area contributed by atoms with Gasteiger partial charge in [-0.1, -0.05) is 24.3 Å². The van der Waals surface area contributed by atoms with Crippen LogP contribution in [0.15, 0.2) is 70.7 Å². The molecule has 7 nitrogen and oxygen atoms in total. The lowest BCUT2D eigenvalue weighted by Gasteiger charge is -2.20. The Morgan fingerprint density at radius 3 is 2.38 bits per heavy atom. The summed E-state index contributed by atoms with van der Waals surface area (Å²) in [6, 6.07) is 16.0. The van der Waals surface area contributed by atoms with Gasteiger partial charge < -0.3 is 5.32 Å². The molecule has 5 rings (SSSR count). The molecular weight excluding hydrogens is 422 g/mol. The van der Waals surface area contributed by atoms with Crippen LogP contribution in [0, 0.1) is 18.8 Å². The fourth-order valence-electron chi connectivity index (χ4n) is 5.01. The molecule has 1 aromatic carbocycles. The van der Waals surface area contributed by atoms with Crippen molar-refractivity contribution in [1.82, 2.24) is 20.1 Å². The molecule has 0 bridgehead atoms.